The lowest BCUT2D eigenvalue weighted by atomic mass is 9.89. The smallest absolute Gasteiger partial charge is 0.448 e. The molecule has 0 amide bonds. The second-order valence-electron chi connectivity index (χ2n) is 5.26. The number of phenols is 1. The molecule has 1 aromatic rings. The van der Waals surface area contributed by atoms with Crippen LogP contribution in [0.4, 0.5) is 0 Å². The molecule has 2 rings (SSSR count). The Kier molecular flexibility index (Phi) is 5.38. The van der Waals surface area contributed by atoms with Crippen LogP contribution in [0.5, 0.6) is 5.75 Å². The van der Waals surface area contributed by atoms with Gasteiger partial charge in [-0.05, 0) is 36.6 Å². The highest BCUT2D eigenvalue weighted by atomic mass is 31.2. The molecule has 23 heavy (non-hydrogen) atoms. The summed E-state index contributed by atoms with van der Waals surface area (Å²) in [6, 6.07) is 6.55. The van der Waals surface area contributed by atoms with E-state index in [1.54, 1.807) is 24.3 Å². The summed E-state index contributed by atoms with van der Waals surface area (Å²) in [7, 11) is -4.66. The first-order chi connectivity index (χ1) is 10.7. The number of aromatic hydroxyl groups is 1. The number of nitrogens with zero attached hydrogens (tertiary/aromatic N) is 1. The van der Waals surface area contributed by atoms with Crippen LogP contribution in [-0.2, 0) is 11.0 Å². The van der Waals surface area contributed by atoms with Gasteiger partial charge in [0.25, 0.3) is 0 Å². The molecule has 8 heteroatoms. The summed E-state index contributed by atoms with van der Waals surface area (Å²) < 4.78 is 14.3. The van der Waals surface area contributed by atoms with Gasteiger partial charge in [-0.1, -0.05) is 18.2 Å². The molecule has 0 fully saturated rings. The highest BCUT2D eigenvalue weighted by Gasteiger charge is 2.26. The molecular weight excluding hydrogens is 321 g/mol. The van der Waals surface area contributed by atoms with Gasteiger partial charge in [-0.3, -0.25) is 0 Å². The van der Waals surface area contributed by atoms with Crippen LogP contribution in [-0.4, -0.2) is 36.9 Å². The molecule has 2 atom stereocenters. The maximum Gasteiger partial charge on any atom is 0.448 e. The highest BCUT2D eigenvalue weighted by molar-refractivity contribution is 7.50. The summed E-state index contributed by atoms with van der Waals surface area (Å²) in [6.07, 6.45) is 3.88. The third-order valence-corrected chi connectivity index (χ3v) is 3.93. The monoisotopic (exact) mass is 339 g/mol. The largest absolute Gasteiger partial charge is 0.508 e. The van der Waals surface area contributed by atoms with Crippen molar-refractivity contribution in [2.75, 3.05) is 0 Å². The standard InChI is InChI=1S/C15H18NO6P/c17-11-4-1-10(2-5-11)3-8-15(19)13-7-6-12(18)9-14(13)16-23(20,21)22/h1-2,4-7,9,13,15,17-19H,3,8H2,(H2,20,21,22). The van der Waals surface area contributed by atoms with Crippen molar-refractivity contribution in [1.29, 1.82) is 0 Å². The van der Waals surface area contributed by atoms with Gasteiger partial charge in [0.05, 0.1) is 11.8 Å². The van der Waals surface area contributed by atoms with Crippen LogP contribution in [0.2, 0.25) is 0 Å². The van der Waals surface area contributed by atoms with Gasteiger partial charge < -0.3 is 25.1 Å². The Balaban J connectivity index is 2.09. The molecule has 1 aromatic carbocycles. The van der Waals surface area contributed by atoms with Crippen LogP contribution < -0.4 is 0 Å². The fraction of sp³-hybridized carbons (Fsp3) is 0.267. The van der Waals surface area contributed by atoms with Gasteiger partial charge >= 0.3 is 7.75 Å². The maximum absolute atomic E-state index is 11.1. The molecule has 0 aliphatic heterocycles. The molecule has 0 radical (unpaired) electrons. The van der Waals surface area contributed by atoms with E-state index in [-0.39, 0.29) is 17.2 Å². The molecule has 0 aromatic heterocycles. The lowest BCUT2D eigenvalue weighted by Gasteiger charge is -2.22. The van der Waals surface area contributed by atoms with Crippen molar-refractivity contribution in [3.05, 3.63) is 53.8 Å². The lowest BCUT2D eigenvalue weighted by molar-refractivity contribution is 0.146. The fourth-order valence-electron chi connectivity index (χ4n) is 2.32. The van der Waals surface area contributed by atoms with Gasteiger partial charge in [0, 0.05) is 12.0 Å². The topological polar surface area (TPSA) is 131 Å². The minimum atomic E-state index is -4.66. The predicted octanol–water partition coefficient (Wildman–Crippen LogP) is 1.85. The number of phenolic OH excluding ortho intramolecular Hbond substituents is 1. The number of allylic oxidation sites excluding steroid dienone is 2. The first-order valence-corrected chi connectivity index (χ1v) is 8.51. The molecule has 0 heterocycles. The zero-order valence-electron chi connectivity index (χ0n) is 12.1. The second kappa shape index (κ2) is 7.10. The average molecular weight is 339 g/mol. The van der Waals surface area contributed by atoms with E-state index in [1.165, 1.54) is 12.2 Å². The third-order valence-electron chi connectivity index (χ3n) is 3.44. The van der Waals surface area contributed by atoms with Gasteiger partial charge in [0.2, 0.25) is 0 Å². The second-order valence-corrected chi connectivity index (χ2v) is 6.49. The number of aliphatic hydroxyl groups is 2. The van der Waals surface area contributed by atoms with Gasteiger partial charge in [-0.15, -0.1) is 0 Å². The summed E-state index contributed by atoms with van der Waals surface area (Å²) in [6.45, 7) is 0. The molecule has 0 bridgehead atoms. The van der Waals surface area contributed by atoms with Crippen molar-refractivity contribution in [2.45, 2.75) is 18.9 Å². The number of aryl methyl sites for hydroxylation is 1. The van der Waals surface area contributed by atoms with Crippen molar-refractivity contribution < 1.29 is 29.7 Å². The molecule has 1 aliphatic carbocycles. The molecule has 0 saturated carbocycles. The number of hydrogen-bond donors (Lipinski definition) is 5. The SMILES string of the molecule is O=P(O)(O)N=C1C=C(O)C=CC1C(O)CCc1ccc(O)cc1. The van der Waals surface area contributed by atoms with Crippen LogP contribution in [0.25, 0.3) is 0 Å². The van der Waals surface area contributed by atoms with E-state index >= 15 is 0 Å². The first-order valence-electron chi connectivity index (χ1n) is 6.95. The summed E-state index contributed by atoms with van der Waals surface area (Å²) in [5.74, 6) is -0.740. The average Bonchev–Trinajstić information content (AvgIpc) is 2.45. The first kappa shape index (κ1) is 17.4. The number of hydrogen-bond acceptors (Lipinski definition) is 4. The van der Waals surface area contributed by atoms with E-state index in [1.807, 2.05) is 0 Å². The minimum absolute atomic E-state index is 0.0588. The molecule has 1 aliphatic rings. The molecule has 0 saturated heterocycles. The number of benzene rings is 1. The van der Waals surface area contributed by atoms with Crippen molar-refractivity contribution in [3.8, 4) is 5.75 Å². The van der Waals surface area contributed by atoms with Gasteiger partial charge in [-0.25, -0.2) is 4.57 Å². The minimum Gasteiger partial charge on any atom is -0.508 e. The van der Waals surface area contributed by atoms with E-state index in [0.29, 0.717) is 12.8 Å². The third kappa shape index (κ3) is 5.33. The van der Waals surface area contributed by atoms with Crippen LogP contribution in [0.15, 0.2) is 53.0 Å². The molecule has 2 unspecified atom stereocenters. The van der Waals surface area contributed by atoms with Crippen molar-refractivity contribution >= 4 is 13.5 Å². The highest BCUT2D eigenvalue weighted by Crippen LogP contribution is 2.38. The van der Waals surface area contributed by atoms with Gasteiger partial charge in [-0.2, -0.15) is 4.76 Å². The van der Waals surface area contributed by atoms with Crippen molar-refractivity contribution in [1.82, 2.24) is 0 Å². The predicted molar refractivity (Wildman–Crippen MR) is 85.3 cm³/mol. The molecule has 0 spiro atoms. The number of aliphatic hydroxyl groups excluding tert-OH is 2. The van der Waals surface area contributed by atoms with E-state index in [4.69, 9.17) is 9.79 Å². The zero-order chi connectivity index (χ0) is 17.0. The Morgan fingerprint density at radius 2 is 1.83 bits per heavy atom. The van der Waals surface area contributed by atoms with Crippen molar-refractivity contribution in [2.24, 2.45) is 10.7 Å². The van der Waals surface area contributed by atoms with Crippen LogP contribution in [0, 0.1) is 5.92 Å². The normalized spacial score (nSPS) is 21.3. The van der Waals surface area contributed by atoms with Crippen LogP contribution >= 0.6 is 7.75 Å². The van der Waals surface area contributed by atoms with Crippen molar-refractivity contribution in [3.63, 3.8) is 0 Å². The van der Waals surface area contributed by atoms with E-state index < -0.39 is 19.8 Å². The van der Waals surface area contributed by atoms with Crippen LogP contribution in [0.3, 0.4) is 0 Å². The zero-order valence-corrected chi connectivity index (χ0v) is 13.0. The summed E-state index contributed by atoms with van der Waals surface area (Å²) in [5, 5.41) is 29.0. The van der Waals surface area contributed by atoms with E-state index in [2.05, 4.69) is 4.76 Å². The quantitative estimate of drug-likeness (QED) is 0.520. The molecule has 5 N–H and O–H groups in total. The Hall–Kier alpha value is -1.92. The Bertz CT molecular complexity index is 688. The number of rotatable bonds is 5. The van der Waals surface area contributed by atoms with E-state index in [9.17, 15) is 19.9 Å². The summed E-state index contributed by atoms with van der Waals surface area (Å²) in [5.41, 5.74) is 0.852. The summed E-state index contributed by atoms with van der Waals surface area (Å²) in [4.78, 5) is 17.9. The summed E-state index contributed by atoms with van der Waals surface area (Å²) >= 11 is 0. The van der Waals surface area contributed by atoms with Crippen LogP contribution in [0.1, 0.15) is 12.0 Å². The Morgan fingerprint density at radius 3 is 2.43 bits per heavy atom. The maximum atomic E-state index is 11.1. The fourth-order valence-corrected chi connectivity index (χ4v) is 2.82. The Labute approximate surface area is 133 Å². The van der Waals surface area contributed by atoms with Gasteiger partial charge in [0.15, 0.2) is 0 Å². The van der Waals surface area contributed by atoms with Gasteiger partial charge in [0.1, 0.15) is 11.5 Å². The lowest BCUT2D eigenvalue weighted by Crippen LogP contribution is -2.28. The molecular formula is C15H18NO6P. The molecule has 124 valence electrons. The van der Waals surface area contributed by atoms with E-state index in [0.717, 1.165) is 11.6 Å². The molecule has 7 nitrogen and oxygen atoms in total. The Morgan fingerprint density at radius 1 is 1.17 bits per heavy atom.